The van der Waals surface area contributed by atoms with Crippen molar-refractivity contribution in [3.05, 3.63) is 41.1 Å². The molecule has 5 nitrogen and oxygen atoms in total. The zero-order valence-corrected chi connectivity index (χ0v) is 8.74. The monoisotopic (exact) mass is 249 g/mol. The topological polar surface area (TPSA) is 96.9 Å². The summed E-state index contributed by atoms with van der Waals surface area (Å²) in [5, 5.41) is 27.7. The summed E-state index contributed by atoms with van der Waals surface area (Å²) < 4.78 is 26.3. The summed E-state index contributed by atoms with van der Waals surface area (Å²) in [5.74, 6) is -3.81. The van der Waals surface area contributed by atoms with E-state index in [1.165, 1.54) is 12.1 Å². The molecule has 0 unspecified atom stereocenters. The highest BCUT2D eigenvalue weighted by Crippen LogP contribution is 2.19. The Balaban J connectivity index is 3.16. The molecule has 0 aliphatic carbocycles. The smallest absolute Gasteiger partial charge is 0.338 e. The van der Waals surface area contributed by atoms with Gasteiger partial charge in [0.1, 0.15) is 29.3 Å². The van der Waals surface area contributed by atoms with E-state index in [-0.39, 0.29) is 11.3 Å². The first-order valence-electron chi connectivity index (χ1n) is 4.48. The zero-order valence-electron chi connectivity index (χ0n) is 8.74. The Morgan fingerprint density at radius 3 is 2.39 bits per heavy atom. The van der Waals surface area contributed by atoms with Gasteiger partial charge in [-0.25, -0.2) is 13.6 Å². The number of anilines is 1. The van der Waals surface area contributed by atoms with E-state index in [0.29, 0.717) is 6.07 Å². The highest BCUT2D eigenvalue weighted by atomic mass is 19.1. The average molecular weight is 249 g/mol. The summed E-state index contributed by atoms with van der Waals surface area (Å²) in [7, 11) is 0. The minimum absolute atomic E-state index is 0.337. The van der Waals surface area contributed by atoms with Gasteiger partial charge in [0.05, 0.1) is 11.3 Å². The molecule has 0 fully saturated rings. The van der Waals surface area contributed by atoms with Crippen LogP contribution in [0.2, 0.25) is 0 Å². The van der Waals surface area contributed by atoms with Crippen LogP contribution in [-0.2, 0) is 0 Å². The van der Waals surface area contributed by atoms with Crippen LogP contribution in [0.25, 0.3) is 0 Å². The number of carbonyl (C=O) groups is 1. The molecule has 18 heavy (non-hydrogen) atoms. The molecule has 0 aromatic heterocycles. The predicted octanol–water partition coefficient (Wildman–Crippen LogP) is 2.01. The van der Waals surface area contributed by atoms with Gasteiger partial charge in [-0.15, -0.1) is 0 Å². The van der Waals surface area contributed by atoms with Crippen LogP contribution < -0.4 is 5.32 Å². The number of hydrogen-bond donors (Lipinski definition) is 2. The number of nitrogens with zero attached hydrogens (tertiary/aromatic N) is 2. The minimum Gasteiger partial charge on any atom is -0.478 e. The lowest BCUT2D eigenvalue weighted by molar-refractivity contribution is 0.0692. The number of aromatic carboxylic acids is 1. The van der Waals surface area contributed by atoms with E-state index in [4.69, 9.17) is 15.6 Å². The Kier molecular flexibility index (Phi) is 3.95. The van der Waals surface area contributed by atoms with E-state index < -0.39 is 23.2 Å². The third kappa shape index (κ3) is 2.80. The Morgan fingerprint density at radius 1 is 1.28 bits per heavy atom. The fraction of sp³-hybridized carbons (Fsp3) is 0. The number of carboxylic acids is 1. The lowest BCUT2D eigenvalue weighted by Crippen LogP contribution is -2.04. The lowest BCUT2D eigenvalue weighted by atomic mass is 10.2. The molecule has 0 atom stereocenters. The molecule has 0 amide bonds. The summed E-state index contributed by atoms with van der Waals surface area (Å²) in [5.41, 5.74) is -1.41. The van der Waals surface area contributed by atoms with E-state index in [1.54, 1.807) is 0 Å². The van der Waals surface area contributed by atoms with Crippen molar-refractivity contribution in [2.75, 3.05) is 5.32 Å². The van der Waals surface area contributed by atoms with Crippen molar-refractivity contribution in [2.24, 2.45) is 0 Å². The Bertz CT molecular complexity index is 596. The summed E-state index contributed by atoms with van der Waals surface area (Å²) in [6.45, 7) is 0. The largest absolute Gasteiger partial charge is 0.478 e. The highest BCUT2D eigenvalue weighted by Gasteiger charge is 2.14. The molecule has 0 saturated heterocycles. The van der Waals surface area contributed by atoms with Gasteiger partial charge in [0, 0.05) is 12.3 Å². The van der Waals surface area contributed by atoms with Crippen LogP contribution in [0.5, 0.6) is 0 Å². The van der Waals surface area contributed by atoms with Crippen LogP contribution in [0.1, 0.15) is 10.4 Å². The van der Waals surface area contributed by atoms with Crippen molar-refractivity contribution in [3.63, 3.8) is 0 Å². The molecule has 0 heterocycles. The van der Waals surface area contributed by atoms with Crippen molar-refractivity contribution in [3.8, 4) is 12.1 Å². The van der Waals surface area contributed by atoms with E-state index >= 15 is 0 Å². The molecular formula is C11H5F2N3O2. The van der Waals surface area contributed by atoms with Gasteiger partial charge >= 0.3 is 5.97 Å². The number of allylic oxidation sites excluding steroid dienone is 1. The maximum atomic E-state index is 13.3. The van der Waals surface area contributed by atoms with Crippen LogP contribution in [0.4, 0.5) is 14.5 Å². The number of benzene rings is 1. The van der Waals surface area contributed by atoms with Crippen LogP contribution >= 0.6 is 0 Å². The molecule has 0 saturated carbocycles. The molecule has 1 aromatic carbocycles. The van der Waals surface area contributed by atoms with Crippen LogP contribution in [0.15, 0.2) is 23.9 Å². The Hall–Kier alpha value is -2.93. The molecule has 0 spiro atoms. The lowest BCUT2D eigenvalue weighted by Gasteiger charge is -2.05. The molecular weight excluding hydrogens is 244 g/mol. The van der Waals surface area contributed by atoms with Crippen LogP contribution in [0, 0.1) is 34.3 Å². The average Bonchev–Trinajstić information content (AvgIpc) is 2.32. The normalized spacial score (nSPS) is 8.89. The van der Waals surface area contributed by atoms with Crippen molar-refractivity contribution < 1.29 is 18.7 Å². The Labute approximate surface area is 100 Å². The first-order valence-corrected chi connectivity index (χ1v) is 4.48. The summed E-state index contributed by atoms with van der Waals surface area (Å²) >= 11 is 0. The molecule has 1 aromatic rings. The van der Waals surface area contributed by atoms with Gasteiger partial charge < -0.3 is 10.4 Å². The van der Waals surface area contributed by atoms with Gasteiger partial charge in [-0.1, -0.05) is 0 Å². The fourth-order valence-corrected chi connectivity index (χ4v) is 1.06. The van der Waals surface area contributed by atoms with Gasteiger partial charge in [-0.2, -0.15) is 10.5 Å². The van der Waals surface area contributed by atoms with Gasteiger partial charge in [0.15, 0.2) is 0 Å². The maximum absolute atomic E-state index is 13.3. The van der Waals surface area contributed by atoms with Crippen molar-refractivity contribution in [2.45, 2.75) is 0 Å². The number of nitriles is 2. The highest BCUT2D eigenvalue weighted by molar-refractivity contribution is 5.89. The number of hydrogen-bond acceptors (Lipinski definition) is 4. The summed E-state index contributed by atoms with van der Waals surface area (Å²) in [4.78, 5) is 10.6. The van der Waals surface area contributed by atoms with E-state index in [0.717, 1.165) is 12.3 Å². The minimum atomic E-state index is -1.56. The van der Waals surface area contributed by atoms with Crippen molar-refractivity contribution in [1.29, 1.82) is 10.5 Å². The second-order valence-corrected chi connectivity index (χ2v) is 3.04. The second-order valence-electron chi connectivity index (χ2n) is 3.04. The number of rotatable bonds is 3. The summed E-state index contributed by atoms with van der Waals surface area (Å²) in [6.07, 6.45) is 0.891. The third-order valence-corrected chi connectivity index (χ3v) is 1.90. The third-order valence-electron chi connectivity index (χ3n) is 1.90. The van der Waals surface area contributed by atoms with Crippen molar-refractivity contribution >= 4 is 11.7 Å². The van der Waals surface area contributed by atoms with E-state index in [1.807, 2.05) is 0 Å². The molecule has 0 radical (unpaired) electrons. The SMILES string of the molecule is N#CC(C#N)=CNc1cc(C(=O)O)c(F)cc1F. The molecule has 0 bridgehead atoms. The maximum Gasteiger partial charge on any atom is 0.338 e. The molecule has 2 N–H and O–H groups in total. The molecule has 0 aliphatic rings. The van der Waals surface area contributed by atoms with E-state index in [9.17, 15) is 13.6 Å². The first-order chi connectivity index (χ1) is 8.49. The van der Waals surface area contributed by atoms with E-state index in [2.05, 4.69) is 5.32 Å². The first kappa shape index (κ1) is 13.1. The quantitative estimate of drug-likeness (QED) is 0.798. The molecule has 0 aliphatic heterocycles. The van der Waals surface area contributed by atoms with Gasteiger partial charge in [0.25, 0.3) is 0 Å². The zero-order chi connectivity index (χ0) is 13.7. The second kappa shape index (κ2) is 5.41. The standard InChI is InChI=1S/C11H5F2N3O2/c12-8-2-9(13)10(1-7(8)11(17)18)16-5-6(3-14)4-15/h1-2,5,16H,(H,17,18). The van der Waals surface area contributed by atoms with Gasteiger partial charge in [-0.3, -0.25) is 0 Å². The molecule has 1 rings (SSSR count). The van der Waals surface area contributed by atoms with Crippen LogP contribution in [-0.4, -0.2) is 11.1 Å². The number of carboxylic acid groups (broad SMARTS) is 1. The van der Waals surface area contributed by atoms with Crippen LogP contribution in [0.3, 0.4) is 0 Å². The molecule has 7 heteroatoms. The fourth-order valence-electron chi connectivity index (χ4n) is 1.06. The molecule has 90 valence electrons. The number of nitrogens with one attached hydrogen (secondary N) is 1. The Morgan fingerprint density at radius 2 is 1.89 bits per heavy atom. The summed E-state index contributed by atoms with van der Waals surface area (Å²) in [6, 6.07) is 4.16. The number of halogens is 2. The predicted molar refractivity (Wildman–Crippen MR) is 56.2 cm³/mol. The van der Waals surface area contributed by atoms with Gasteiger partial charge in [-0.05, 0) is 6.07 Å². The van der Waals surface area contributed by atoms with Gasteiger partial charge in [0.2, 0.25) is 0 Å². The van der Waals surface area contributed by atoms with Crippen molar-refractivity contribution in [1.82, 2.24) is 0 Å².